The van der Waals surface area contributed by atoms with E-state index in [4.69, 9.17) is 0 Å². The van der Waals surface area contributed by atoms with Crippen molar-refractivity contribution in [1.82, 2.24) is 24.6 Å². The number of aryl methyl sites for hydroxylation is 1. The number of rotatable bonds is 8. The number of hydrogen-bond donors (Lipinski definition) is 0. The highest BCUT2D eigenvalue weighted by Gasteiger charge is 2.30. The first-order valence-corrected chi connectivity index (χ1v) is 15.2. The Labute approximate surface area is 247 Å². The summed E-state index contributed by atoms with van der Waals surface area (Å²) >= 11 is 5.05. The molecule has 1 fully saturated rings. The Bertz CT molecular complexity index is 1470. The molecule has 1 atom stereocenters. The maximum absolute atomic E-state index is 13.0. The molecule has 1 aromatic heterocycles. The lowest BCUT2D eigenvalue weighted by Gasteiger charge is -2.40. The zero-order valence-corrected chi connectivity index (χ0v) is 25.1. The van der Waals surface area contributed by atoms with E-state index in [1.165, 1.54) is 5.56 Å². The Kier molecular flexibility index (Phi) is 9.01. The number of carbonyl (C=O) groups excluding carboxylic acids is 2. The highest BCUT2D eigenvalue weighted by Crippen LogP contribution is 2.29. The highest BCUT2D eigenvalue weighted by atomic mass is 79.9. The van der Waals surface area contributed by atoms with E-state index < -0.39 is 0 Å². The summed E-state index contributed by atoms with van der Waals surface area (Å²) in [7, 11) is 0. The molecule has 1 unspecified atom stereocenters. The third-order valence-electron chi connectivity index (χ3n) is 7.04. The predicted molar refractivity (Wildman–Crippen MR) is 163 cm³/mol. The van der Waals surface area contributed by atoms with Gasteiger partial charge in [0.25, 0.3) is 5.91 Å². The number of nitrogens with zero attached hydrogens (tertiary/aromatic N) is 5. The predicted octanol–water partition coefficient (Wildman–Crippen LogP) is 6.25. The van der Waals surface area contributed by atoms with E-state index in [1.807, 2.05) is 71.3 Å². The fourth-order valence-corrected chi connectivity index (χ4v) is 6.17. The molecule has 5 rings (SSSR count). The molecule has 1 saturated heterocycles. The molecule has 0 N–H and O–H groups in total. The first-order valence-electron chi connectivity index (χ1n) is 13.5. The van der Waals surface area contributed by atoms with E-state index in [2.05, 4.69) is 61.9 Å². The molecule has 206 valence electrons. The monoisotopic (exact) mass is 617 g/mol. The van der Waals surface area contributed by atoms with Gasteiger partial charge in [-0.25, -0.2) is 0 Å². The number of piperazine rings is 1. The second-order valence-corrected chi connectivity index (χ2v) is 12.0. The van der Waals surface area contributed by atoms with Gasteiger partial charge in [-0.2, -0.15) is 0 Å². The third-order valence-corrected chi connectivity index (χ3v) is 8.54. The van der Waals surface area contributed by atoms with Gasteiger partial charge in [-0.05, 0) is 50.6 Å². The molecule has 0 saturated carbocycles. The Balaban J connectivity index is 1.17. The molecule has 9 heteroatoms. The van der Waals surface area contributed by atoms with Crippen LogP contribution >= 0.6 is 27.7 Å². The van der Waals surface area contributed by atoms with Crippen molar-refractivity contribution in [3.8, 4) is 17.1 Å². The maximum Gasteiger partial charge on any atom is 0.254 e. The first kappa shape index (κ1) is 28.1. The molecule has 0 radical (unpaired) electrons. The third kappa shape index (κ3) is 6.47. The lowest BCUT2D eigenvalue weighted by atomic mass is 10.1. The van der Waals surface area contributed by atoms with Gasteiger partial charge in [0.2, 0.25) is 5.91 Å². The zero-order chi connectivity index (χ0) is 28.1. The minimum absolute atomic E-state index is 0.00450. The van der Waals surface area contributed by atoms with Crippen LogP contribution in [0.4, 0.5) is 0 Å². The van der Waals surface area contributed by atoms with Crippen LogP contribution in [0.3, 0.4) is 0 Å². The number of thioether (sulfide) groups is 1. The summed E-state index contributed by atoms with van der Waals surface area (Å²) in [6.45, 7) is 5.72. The summed E-state index contributed by atoms with van der Waals surface area (Å²) in [6.07, 6.45) is 1.19. The van der Waals surface area contributed by atoms with Crippen LogP contribution in [0.2, 0.25) is 0 Å². The van der Waals surface area contributed by atoms with Crippen molar-refractivity contribution in [2.24, 2.45) is 0 Å². The normalized spacial score (nSPS) is 15.3. The Morgan fingerprint density at radius 2 is 1.75 bits per heavy atom. The molecule has 3 aromatic carbocycles. The SMILES string of the molecule is Cc1ccc(-n2c(SCCCC(=O)N3CCN(C(=O)c4cccc(Br)c4)C(C)C3)nnc2-c2ccccc2)cc1. The van der Waals surface area contributed by atoms with E-state index in [0.717, 1.165) is 38.9 Å². The Morgan fingerprint density at radius 3 is 2.48 bits per heavy atom. The van der Waals surface area contributed by atoms with Crippen molar-refractivity contribution in [3.05, 3.63) is 94.5 Å². The van der Waals surface area contributed by atoms with Crippen molar-refractivity contribution < 1.29 is 9.59 Å². The van der Waals surface area contributed by atoms with E-state index in [-0.39, 0.29) is 17.9 Å². The second kappa shape index (κ2) is 12.8. The lowest BCUT2D eigenvalue weighted by molar-refractivity contribution is -0.133. The summed E-state index contributed by atoms with van der Waals surface area (Å²) in [5.41, 5.74) is 3.87. The minimum atomic E-state index is -0.0389. The maximum atomic E-state index is 13.0. The molecule has 40 heavy (non-hydrogen) atoms. The fourth-order valence-electron chi connectivity index (χ4n) is 4.88. The molecule has 1 aliphatic rings. The van der Waals surface area contributed by atoms with Crippen molar-refractivity contribution >= 4 is 39.5 Å². The number of carbonyl (C=O) groups is 2. The highest BCUT2D eigenvalue weighted by molar-refractivity contribution is 9.10. The number of halogens is 1. The zero-order valence-electron chi connectivity index (χ0n) is 22.7. The molecule has 4 aromatic rings. The summed E-state index contributed by atoms with van der Waals surface area (Å²) in [5.74, 6) is 1.69. The van der Waals surface area contributed by atoms with Crippen LogP contribution in [0.15, 0.2) is 88.5 Å². The number of hydrogen-bond acceptors (Lipinski definition) is 5. The standard InChI is InChI=1S/C31H32BrN5O2S/c1-22-13-15-27(16-14-22)37-29(24-8-4-3-5-9-24)33-34-31(37)40-19-7-12-28(38)35-17-18-36(23(2)21-35)30(39)25-10-6-11-26(32)20-25/h3-6,8-11,13-16,20,23H,7,12,17-19,21H2,1-2H3. The molecule has 2 amide bonds. The van der Waals surface area contributed by atoms with Crippen LogP contribution in [0.25, 0.3) is 17.1 Å². The molecule has 0 aliphatic carbocycles. The summed E-state index contributed by atoms with van der Waals surface area (Å²) in [4.78, 5) is 29.8. The minimum Gasteiger partial charge on any atom is -0.339 e. The van der Waals surface area contributed by atoms with E-state index >= 15 is 0 Å². The van der Waals surface area contributed by atoms with E-state index in [1.54, 1.807) is 11.8 Å². The molecule has 0 bridgehead atoms. The van der Waals surface area contributed by atoms with E-state index in [0.29, 0.717) is 31.6 Å². The van der Waals surface area contributed by atoms with Gasteiger partial charge in [0, 0.05) is 59.1 Å². The Morgan fingerprint density at radius 1 is 0.975 bits per heavy atom. The van der Waals surface area contributed by atoms with Crippen molar-refractivity contribution in [3.63, 3.8) is 0 Å². The molecule has 7 nitrogen and oxygen atoms in total. The summed E-state index contributed by atoms with van der Waals surface area (Å²) in [5, 5.41) is 9.82. The first-order chi connectivity index (χ1) is 19.4. The van der Waals surface area contributed by atoms with Gasteiger partial charge in [-0.1, -0.05) is 81.8 Å². The van der Waals surface area contributed by atoms with Gasteiger partial charge in [0.15, 0.2) is 11.0 Å². The fraction of sp³-hybridized carbons (Fsp3) is 0.290. The second-order valence-electron chi connectivity index (χ2n) is 9.99. The van der Waals surface area contributed by atoms with Gasteiger partial charge in [0.05, 0.1) is 0 Å². The number of amides is 2. The molecule has 0 spiro atoms. The molecular formula is C31H32BrN5O2S. The van der Waals surface area contributed by atoms with Crippen LogP contribution in [0.5, 0.6) is 0 Å². The smallest absolute Gasteiger partial charge is 0.254 e. The quantitative estimate of drug-likeness (QED) is 0.173. The van der Waals surface area contributed by atoms with Crippen molar-refractivity contribution in [1.29, 1.82) is 0 Å². The van der Waals surface area contributed by atoms with E-state index in [9.17, 15) is 9.59 Å². The van der Waals surface area contributed by atoms with Crippen molar-refractivity contribution in [2.45, 2.75) is 37.9 Å². The van der Waals surface area contributed by atoms with Crippen molar-refractivity contribution in [2.75, 3.05) is 25.4 Å². The lowest BCUT2D eigenvalue weighted by Crippen LogP contribution is -2.55. The van der Waals surface area contributed by atoms with Gasteiger partial charge in [0.1, 0.15) is 0 Å². The van der Waals surface area contributed by atoms with Crippen LogP contribution < -0.4 is 0 Å². The Hall–Kier alpha value is -3.43. The average molecular weight is 619 g/mol. The molecular weight excluding hydrogens is 586 g/mol. The van der Waals surface area contributed by atoms with Crippen LogP contribution in [0, 0.1) is 6.92 Å². The van der Waals surface area contributed by atoms with Gasteiger partial charge >= 0.3 is 0 Å². The summed E-state index contributed by atoms with van der Waals surface area (Å²) < 4.78 is 2.97. The summed E-state index contributed by atoms with van der Waals surface area (Å²) in [6, 6.07) is 25.8. The largest absolute Gasteiger partial charge is 0.339 e. The van der Waals surface area contributed by atoms with Gasteiger partial charge in [-0.15, -0.1) is 10.2 Å². The van der Waals surface area contributed by atoms with Crippen LogP contribution in [0.1, 0.15) is 35.7 Å². The average Bonchev–Trinajstić information content (AvgIpc) is 3.39. The van der Waals surface area contributed by atoms with Gasteiger partial charge in [-0.3, -0.25) is 14.2 Å². The van der Waals surface area contributed by atoms with Crippen LogP contribution in [-0.2, 0) is 4.79 Å². The van der Waals surface area contributed by atoms with Crippen LogP contribution in [-0.4, -0.2) is 67.8 Å². The van der Waals surface area contributed by atoms with Gasteiger partial charge < -0.3 is 9.80 Å². The molecule has 1 aliphatic heterocycles. The molecule has 2 heterocycles. The number of benzene rings is 3. The topological polar surface area (TPSA) is 71.3 Å². The number of aromatic nitrogens is 3.